The maximum atomic E-state index is 13.8. The van der Waals surface area contributed by atoms with Crippen LogP contribution in [0.5, 0.6) is 5.75 Å². The van der Waals surface area contributed by atoms with Crippen LogP contribution in [0.1, 0.15) is 28.9 Å². The lowest BCUT2D eigenvalue weighted by molar-refractivity contribution is 0.0947. The number of thiazole rings is 1. The summed E-state index contributed by atoms with van der Waals surface area (Å²) in [5.74, 6) is 0.714. The molecule has 3 aromatic rings. The Hall–Kier alpha value is -2.44. The molecule has 0 bridgehead atoms. The van der Waals surface area contributed by atoms with Crippen LogP contribution in [0.2, 0.25) is 5.02 Å². The fourth-order valence-electron chi connectivity index (χ4n) is 2.68. The predicted molar refractivity (Wildman–Crippen MR) is 108 cm³/mol. The van der Waals surface area contributed by atoms with Gasteiger partial charge >= 0.3 is 0 Å². The lowest BCUT2D eigenvalue weighted by Crippen LogP contribution is -2.25. The standard InChI is InChI=1S/C21H18ClFN2O2S/c22-17-2-1-3-18(23)16(17)11-27-15-8-6-14(7-9-15)21-25-19(12-28-21)20(26)24-10-13-4-5-13/h1-3,6-9,12-13H,4-5,10-11H2,(H,24,26). The molecule has 1 fully saturated rings. The number of nitrogens with one attached hydrogen (secondary N) is 1. The van der Waals surface area contributed by atoms with E-state index in [1.54, 1.807) is 29.6 Å². The molecule has 1 aliphatic carbocycles. The zero-order valence-electron chi connectivity index (χ0n) is 15.0. The predicted octanol–water partition coefficient (Wildman–Crippen LogP) is 5.32. The third-order valence-electron chi connectivity index (χ3n) is 4.53. The van der Waals surface area contributed by atoms with Crippen LogP contribution in [-0.2, 0) is 6.61 Å². The molecule has 4 nitrogen and oxygen atoms in total. The Balaban J connectivity index is 1.38. The van der Waals surface area contributed by atoms with Gasteiger partial charge in [0.05, 0.1) is 5.02 Å². The summed E-state index contributed by atoms with van der Waals surface area (Å²) in [5.41, 5.74) is 1.66. The molecule has 2 aromatic carbocycles. The number of hydrogen-bond acceptors (Lipinski definition) is 4. The number of carbonyl (C=O) groups is 1. The van der Waals surface area contributed by atoms with Gasteiger partial charge in [0.1, 0.15) is 28.9 Å². The van der Waals surface area contributed by atoms with Crippen LogP contribution in [0.3, 0.4) is 0 Å². The molecule has 0 spiro atoms. The maximum absolute atomic E-state index is 13.8. The second-order valence-electron chi connectivity index (χ2n) is 6.70. The Kier molecular flexibility index (Phi) is 5.59. The van der Waals surface area contributed by atoms with E-state index in [-0.39, 0.29) is 18.3 Å². The monoisotopic (exact) mass is 416 g/mol. The van der Waals surface area contributed by atoms with E-state index < -0.39 is 0 Å². The van der Waals surface area contributed by atoms with E-state index in [0.717, 1.165) is 17.1 Å². The molecule has 0 saturated heterocycles. The van der Waals surface area contributed by atoms with Gasteiger partial charge in [-0.25, -0.2) is 9.37 Å². The number of ether oxygens (including phenoxy) is 1. The number of halogens is 2. The van der Waals surface area contributed by atoms with E-state index in [0.29, 0.717) is 27.9 Å². The number of benzene rings is 2. The number of carbonyl (C=O) groups excluding carboxylic acids is 1. The molecule has 0 radical (unpaired) electrons. The van der Waals surface area contributed by atoms with E-state index in [4.69, 9.17) is 16.3 Å². The highest BCUT2D eigenvalue weighted by Crippen LogP contribution is 2.29. The molecule has 4 rings (SSSR count). The zero-order chi connectivity index (χ0) is 19.5. The second kappa shape index (κ2) is 8.29. The fourth-order valence-corrected chi connectivity index (χ4v) is 3.70. The highest BCUT2D eigenvalue weighted by atomic mass is 35.5. The Bertz CT molecular complexity index is 966. The summed E-state index contributed by atoms with van der Waals surface area (Å²) in [7, 11) is 0. The third-order valence-corrected chi connectivity index (χ3v) is 5.78. The van der Waals surface area contributed by atoms with Crippen molar-refractivity contribution in [2.24, 2.45) is 5.92 Å². The van der Waals surface area contributed by atoms with Crippen molar-refractivity contribution >= 4 is 28.8 Å². The quantitative estimate of drug-likeness (QED) is 0.567. The van der Waals surface area contributed by atoms with E-state index in [1.807, 2.05) is 12.1 Å². The first-order valence-corrected chi connectivity index (χ1v) is 10.3. The molecular formula is C21H18ClFN2O2S. The summed E-state index contributed by atoms with van der Waals surface area (Å²) < 4.78 is 19.4. The average molecular weight is 417 g/mol. The minimum atomic E-state index is -0.389. The summed E-state index contributed by atoms with van der Waals surface area (Å²) in [6, 6.07) is 11.9. The lowest BCUT2D eigenvalue weighted by atomic mass is 10.2. The molecule has 1 N–H and O–H groups in total. The Morgan fingerprint density at radius 3 is 2.75 bits per heavy atom. The number of hydrogen-bond donors (Lipinski definition) is 1. The van der Waals surface area contributed by atoms with Crippen molar-refractivity contribution in [1.82, 2.24) is 10.3 Å². The second-order valence-corrected chi connectivity index (χ2v) is 7.97. The normalized spacial score (nSPS) is 13.4. The van der Waals surface area contributed by atoms with Crippen LogP contribution in [0, 0.1) is 11.7 Å². The average Bonchev–Trinajstić information content (AvgIpc) is 3.40. The Morgan fingerprint density at radius 2 is 2.04 bits per heavy atom. The lowest BCUT2D eigenvalue weighted by Gasteiger charge is -2.09. The van der Waals surface area contributed by atoms with Crippen molar-refractivity contribution in [2.75, 3.05) is 6.54 Å². The van der Waals surface area contributed by atoms with Gasteiger partial charge in [-0.1, -0.05) is 17.7 Å². The molecule has 7 heteroatoms. The molecular weight excluding hydrogens is 399 g/mol. The summed E-state index contributed by atoms with van der Waals surface area (Å²) in [5, 5.41) is 5.79. The summed E-state index contributed by atoms with van der Waals surface area (Å²) in [6.45, 7) is 0.775. The van der Waals surface area contributed by atoms with Crippen molar-refractivity contribution < 1.29 is 13.9 Å². The Labute approximate surface area is 171 Å². The van der Waals surface area contributed by atoms with Crippen LogP contribution < -0.4 is 10.1 Å². The first kappa shape index (κ1) is 18.9. The van der Waals surface area contributed by atoms with Crippen molar-refractivity contribution in [3.63, 3.8) is 0 Å². The molecule has 1 amide bonds. The van der Waals surface area contributed by atoms with Crippen LogP contribution in [0.15, 0.2) is 47.8 Å². The largest absolute Gasteiger partial charge is 0.489 e. The van der Waals surface area contributed by atoms with Crippen LogP contribution in [-0.4, -0.2) is 17.4 Å². The molecule has 1 saturated carbocycles. The van der Waals surface area contributed by atoms with Gasteiger partial charge in [-0.05, 0) is 55.2 Å². The minimum absolute atomic E-state index is 0.0490. The topological polar surface area (TPSA) is 51.2 Å². The molecule has 0 atom stereocenters. The molecule has 1 aromatic heterocycles. The molecule has 28 heavy (non-hydrogen) atoms. The Morgan fingerprint density at radius 1 is 1.25 bits per heavy atom. The third kappa shape index (κ3) is 4.51. The van der Waals surface area contributed by atoms with Crippen molar-refractivity contribution in [3.05, 3.63) is 69.9 Å². The van der Waals surface area contributed by atoms with Gasteiger partial charge in [0.2, 0.25) is 0 Å². The van der Waals surface area contributed by atoms with E-state index >= 15 is 0 Å². The van der Waals surface area contributed by atoms with Crippen LogP contribution >= 0.6 is 22.9 Å². The molecule has 1 aliphatic rings. The van der Waals surface area contributed by atoms with Crippen molar-refractivity contribution in [3.8, 4) is 16.3 Å². The van der Waals surface area contributed by atoms with Gasteiger partial charge in [0.15, 0.2) is 0 Å². The fraction of sp³-hybridized carbons (Fsp3) is 0.238. The van der Waals surface area contributed by atoms with Gasteiger partial charge in [0, 0.05) is 23.1 Å². The number of aromatic nitrogens is 1. The molecule has 0 aliphatic heterocycles. The van der Waals surface area contributed by atoms with Gasteiger partial charge in [0.25, 0.3) is 5.91 Å². The van der Waals surface area contributed by atoms with E-state index in [1.165, 1.54) is 30.2 Å². The van der Waals surface area contributed by atoms with Crippen molar-refractivity contribution in [2.45, 2.75) is 19.4 Å². The number of rotatable bonds is 7. The number of nitrogens with zero attached hydrogens (tertiary/aromatic N) is 1. The SMILES string of the molecule is O=C(NCC1CC1)c1csc(-c2ccc(OCc3c(F)cccc3Cl)cc2)n1. The van der Waals surface area contributed by atoms with Gasteiger partial charge in [-0.15, -0.1) is 11.3 Å². The maximum Gasteiger partial charge on any atom is 0.270 e. The molecule has 144 valence electrons. The summed E-state index contributed by atoms with van der Waals surface area (Å²) in [4.78, 5) is 16.5. The van der Waals surface area contributed by atoms with Gasteiger partial charge < -0.3 is 10.1 Å². The minimum Gasteiger partial charge on any atom is -0.489 e. The molecule has 1 heterocycles. The smallest absolute Gasteiger partial charge is 0.270 e. The first-order chi connectivity index (χ1) is 13.6. The van der Waals surface area contributed by atoms with Gasteiger partial charge in [-0.2, -0.15) is 0 Å². The first-order valence-electron chi connectivity index (χ1n) is 9.00. The highest BCUT2D eigenvalue weighted by molar-refractivity contribution is 7.13. The van der Waals surface area contributed by atoms with Gasteiger partial charge in [-0.3, -0.25) is 4.79 Å². The summed E-state index contributed by atoms with van der Waals surface area (Å²) in [6.07, 6.45) is 2.39. The van der Waals surface area contributed by atoms with E-state index in [2.05, 4.69) is 10.3 Å². The highest BCUT2D eigenvalue weighted by Gasteiger charge is 2.22. The number of amides is 1. The van der Waals surface area contributed by atoms with Crippen LogP contribution in [0.25, 0.3) is 10.6 Å². The van der Waals surface area contributed by atoms with Crippen LogP contribution in [0.4, 0.5) is 4.39 Å². The van der Waals surface area contributed by atoms with E-state index in [9.17, 15) is 9.18 Å². The zero-order valence-corrected chi connectivity index (χ0v) is 16.5. The van der Waals surface area contributed by atoms with Crippen molar-refractivity contribution in [1.29, 1.82) is 0 Å². The molecule has 0 unspecified atom stereocenters. The summed E-state index contributed by atoms with van der Waals surface area (Å²) >= 11 is 7.43.